The van der Waals surface area contributed by atoms with Gasteiger partial charge in [-0.25, -0.2) is 0 Å². The smallest absolute Gasteiger partial charge is 0.0914 e. The molecule has 0 aliphatic rings. The van der Waals surface area contributed by atoms with Crippen molar-refractivity contribution in [2.75, 3.05) is 6.54 Å². The highest BCUT2D eigenvalue weighted by molar-refractivity contribution is 7.10. The van der Waals surface area contributed by atoms with Crippen LogP contribution in [0.5, 0.6) is 0 Å². The number of hydrogen-bond donors (Lipinski definition) is 2. The molecule has 2 rings (SSSR count). The maximum absolute atomic E-state index is 10.3. The molecule has 0 aliphatic heterocycles. The van der Waals surface area contributed by atoms with Crippen molar-refractivity contribution in [1.82, 2.24) is 5.32 Å². The van der Waals surface area contributed by atoms with Crippen LogP contribution in [0.2, 0.25) is 0 Å². The third-order valence-electron chi connectivity index (χ3n) is 3.60. The molecule has 1 aromatic carbocycles. The maximum Gasteiger partial charge on any atom is 0.0914 e. The molecule has 3 heteroatoms. The summed E-state index contributed by atoms with van der Waals surface area (Å²) in [4.78, 5) is 1.30. The van der Waals surface area contributed by atoms with Gasteiger partial charge in [-0.15, -0.1) is 11.3 Å². The summed E-state index contributed by atoms with van der Waals surface area (Å²) < 4.78 is 0. The van der Waals surface area contributed by atoms with Gasteiger partial charge in [-0.05, 0) is 41.8 Å². The molecule has 0 saturated heterocycles. The van der Waals surface area contributed by atoms with Crippen molar-refractivity contribution in [2.45, 2.75) is 39.3 Å². The number of aliphatic hydroxyl groups is 1. The minimum Gasteiger partial charge on any atom is -0.387 e. The van der Waals surface area contributed by atoms with Crippen LogP contribution in [-0.4, -0.2) is 11.7 Å². The Balaban J connectivity index is 1.86. The van der Waals surface area contributed by atoms with E-state index in [-0.39, 0.29) is 6.04 Å². The summed E-state index contributed by atoms with van der Waals surface area (Å²) in [6.45, 7) is 7.14. The van der Waals surface area contributed by atoms with Crippen LogP contribution in [0.15, 0.2) is 41.8 Å². The summed E-state index contributed by atoms with van der Waals surface area (Å²) in [6, 6.07) is 12.8. The van der Waals surface area contributed by atoms with Gasteiger partial charge in [0.1, 0.15) is 0 Å². The molecule has 0 bridgehead atoms. The van der Waals surface area contributed by atoms with Gasteiger partial charge in [0, 0.05) is 17.5 Å². The van der Waals surface area contributed by atoms with Crippen LogP contribution in [0.1, 0.15) is 48.9 Å². The SMILES string of the molecule is CC(C)Cc1ccc(C(O)CN[C@H](C)c2cccs2)cc1. The predicted octanol–water partition coefficient (Wildman–Crippen LogP) is 4.33. The molecule has 2 N–H and O–H groups in total. The predicted molar refractivity (Wildman–Crippen MR) is 90.7 cm³/mol. The Morgan fingerprint density at radius 2 is 1.81 bits per heavy atom. The summed E-state index contributed by atoms with van der Waals surface area (Å²) >= 11 is 1.74. The standard InChI is InChI=1S/C18H25NOS/c1-13(2)11-15-6-8-16(9-7-15)17(20)12-19-14(3)18-5-4-10-21-18/h4-10,13-14,17,19-20H,11-12H2,1-3H3/t14-,17?/m1/s1. The van der Waals surface area contributed by atoms with E-state index in [1.807, 2.05) is 12.1 Å². The van der Waals surface area contributed by atoms with Crippen molar-refractivity contribution in [1.29, 1.82) is 0 Å². The van der Waals surface area contributed by atoms with E-state index < -0.39 is 6.10 Å². The van der Waals surface area contributed by atoms with Crippen LogP contribution in [-0.2, 0) is 6.42 Å². The van der Waals surface area contributed by atoms with Gasteiger partial charge in [-0.3, -0.25) is 0 Å². The molecule has 21 heavy (non-hydrogen) atoms. The molecule has 2 atom stereocenters. The van der Waals surface area contributed by atoms with E-state index in [4.69, 9.17) is 0 Å². The van der Waals surface area contributed by atoms with E-state index >= 15 is 0 Å². The number of rotatable bonds is 7. The molecule has 0 saturated carbocycles. The third-order valence-corrected chi connectivity index (χ3v) is 4.65. The fourth-order valence-corrected chi connectivity index (χ4v) is 3.15. The van der Waals surface area contributed by atoms with E-state index in [2.05, 4.69) is 55.7 Å². The normalized spacial score (nSPS) is 14.3. The molecule has 0 radical (unpaired) electrons. The second-order valence-electron chi connectivity index (χ2n) is 6.00. The quantitative estimate of drug-likeness (QED) is 0.798. The Kier molecular flexibility index (Phi) is 5.97. The Labute approximate surface area is 131 Å². The van der Waals surface area contributed by atoms with Gasteiger partial charge in [0.15, 0.2) is 0 Å². The van der Waals surface area contributed by atoms with Crippen LogP contribution >= 0.6 is 11.3 Å². The molecule has 2 nitrogen and oxygen atoms in total. The highest BCUT2D eigenvalue weighted by Crippen LogP contribution is 2.20. The lowest BCUT2D eigenvalue weighted by molar-refractivity contribution is 0.171. The van der Waals surface area contributed by atoms with Gasteiger partial charge in [0.05, 0.1) is 6.10 Å². The van der Waals surface area contributed by atoms with Crippen LogP contribution < -0.4 is 5.32 Å². The Morgan fingerprint density at radius 1 is 1.10 bits per heavy atom. The van der Waals surface area contributed by atoms with E-state index in [0.29, 0.717) is 12.5 Å². The Bertz CT molecular complexity index is 519. The number of nitrogens with one attached hydrogen (secondary N) is 1. The number of thiophene rings is 1. The Morgan fingerprint density at radius 3 is 2.38 bits per heavy atom. The van der Waals surface area contributed by atoms with Gasteiger partial charge in [-0.2, -0.15) is 0 Å². The molecule has 0 aliphatic carbocycles. The van der Waals surface area contributed by atoms with Crippen molar-refractivity contribution >= 4 is 11.3 Å². The molecule has 1 aromatic heterocycles. The summed E-state index contributed by atoms with van der Waals surface area (Å²) in [5.41, 5.74) is 2.31. The van der Waals surface area contributed by atoms with Gasteiger partial charge < -0.3 is 10.4 Å². The van der Waals surface area contributed by atoms with Crippen LogP contribution in [0, 0.1) is 5.92 Å². The third kappa shape index (κ3) is 4.95. The summed E-state index contributed by atoms with van der Waals surface area (Å²) in [5, 5.41) is 15.8. The summed E-state index contributed by atoms with van der Waals surface area (Å²) in [6.07, 6.45) is 0.629. The average Bonchev–Trinajstić information content (AvgIpc) is 2.99. The van der Waals surface area contributed by atoms with Crippen molar-refractivity contribution in [3.05, 3.63) is 57.8 Å². The fourth-order valence-electron chi connectivity index (χ4n) is 2.39. The molecular weight excluding hydrogens is 278 g/mol. The van der Waals surface area contributed by atoms with Crippen LogP contribution in [0.4, 0.5) is 0 Å². The number of benzene rings is 1. The van der Waals surface area contributed by atoms with Gasteiger partial charge in [0.25, 0.3) is 0 Å². The highest BCUT2D eigenvalue weighted by atomic mass is 32.1. The average molecular weight is 303 g/mol. The molecule has 1 heterocycles. The zero-order chi connectivity index (χ0) is 15.2. The lowest BCUT2D eigenvalue weighted by Crippen LogP contribution is -2.24. The molecule has 114 valence electrons. The number of aliphatic hydroxyl groups excluding tert-OH is 1. The van der Waals surface area contributed by atoms with E-state index in [9.17, 15) is 5.11 Å². The summed E-state index contributed by atoms with van der Waals surface area (Å²) in [5.74, 6) is 0.661. The topological polar surface area (TPSA) is 32.3 Å². The first-order valence-electron chi connectivity index (χ1n) is 7.60. The van der Waals surface area contributed by atoms with Crippen LogP contribution in [0.3, 0.4) is 0 Å². The zero-order valence-electron chi connectivity index (χ0n) is 13.0. The lowest BCUT2D eigenvalue weighted by atomic mass is 10.00. The van der Waals surface area contributed by atoms with Crippen molar-refractivity contribution in [2.24, 2.45) is 5.92 Å². The van der Waals surface area contributed by atoms with E-state index in [1.54, 1.807) is 11.3 Å². The van der Waals surface area contributed by atoms with E-state index in [1.165, 1.54) is 10.4 Å². The first-order valence-corrected chi connectivity index (χ1v) is 8.48. The number of hydrogen-bond acceptors (Lipinski definition) is 3. The van der Waals surface area contributed by atoms with Gasteiger partial charge >= 0.3 is 0 Å². The minimum atomic E-state index is -0.458. The monoisotopic (exact) mass is 303 g/mol. The summed E-state index contributed by atoms with van der Waals surface area (Å²) in [7, 11) is 0. The first kappa shape index (κ1) is 16.2. The molecule has 0 fully saturated rings. The van der Waals surface area contributed by atoms with Gasteiger partial charge in [-0.1, -0.05) is 44.2 Å². The maximum atomic E-state index is 10.3. The Hall–Kier alpha value is -1.16. The minimum absolute atomic E-state index is 0.278. The van der Waals surface area contributed by atoms with Gasteiger partial charge in [0.2, 0.25) is 0 Å². The van der Waals surface area contributed by atoms with E-state index in [0.717, 1.165) is 12.0 Å². The van der Waals surface area contributed by atoms with Crippen molar-refractivity contribution in [3.63, 3.8) is 0 Å². The highest BCUT2D eigenvalue weighted by Gasteiger charge is 2.11. The van der Waals surface area contributed by atoms with Crippen molar-refractivity contribution in [3.8, 4) is 0 Å². The largest absolute Gasteiger partial charge is 0.387 e. The molecule has 0 amide bonds. The molecule has 1 unspecified atom stereocenters. The molecular formula is C18H25NOS. The first-order chi connectivity index (χ1) is 10.1. The second kappa shape index (κ2) is 7.74. The second-order valence-corrected chi connectivity index (χ2v) is 6.98. The van der Waals surface area contributed by atoms with Crippen LogP contribution in [0.25, 0.3) is 0 Å². The fraction of sp³-hybridized carbons (Fsp3) is 0.444. The molecule has 0 spiro atoms. The molecule has 2 aromatic rings. The van der Waals surface area contributed by atoms with Crippen molar-refractivity contribution < 1.29 is 5.11 Å². The lowest BCUT2D eigenvalue weighted by Gasteiger charge is -2.17. The zero-order valence-corrected chi connectivity index (χ0v) is 13.9.